The van der Waals surface area contributed by atoms with E-state index in [1.165, 1.54) is 0 Å². The van der Waals surface area contributed by atoms with Crippen LogP contribution in [0.2, 0.25) is 5.02 Å². The van der Waals surface area contributed by atoms with Crippen molar-refractivity contribution in [1.29, 1.82) is 0 Å². The molecule has 0 bridgehead atoms. The van der Waals surface area contributed by atoms with Gasteiger partial charge in [-0.15, -0.1) is 11.8 Å². The summed E-state index contributed by atoms with van der Waals surface area (Å²) in [6.45, 7) is 4.06. The second-order valence-electron chi connectivity index (χ2n) is 7.21. The zero-order valence-electron chi connectivity index (χ0n) is 15.8. The van der Waals surface area contributed by atoms with Crippen LogP contribution < -0.4 is 14.8 Å². The Morgan fingerprint density at radius 1 is 1.33 bits per heavy atom. The molecule has 2 aromatic carbocycles. The number of halogens is 1. The van der Waals surface area contributed by atoms with Crippen molar-refractivity contribution < 1.29 is 14.3 Å². The number of ether oxygens (including phenoxy) is 2. The van der Waals surface area contributed by atoms with Crippen LogP contribution in [-0.2, 0) is 10.5 Å². The number of hydrogen-bond acceptors (Lipinski definition) is 4. The fourth-order valence-corrected chi connectivity index (χ4v) is 4.21. The molecule has 144 valence electrons. The highest BCUT2D eigenvalue weighted by Crippen LogP contribution is 2.41. The fraction of sp³-hybridized carbons (Fsp3) is 0.381. The van der Waals surface area contributed by atoms with E-state index in [0.29, 0.717) is 10.8 Å². The summed E-state index contributed by atoms with van der Waals surface area (Å²) < 4.78 is 11.4. The van der Waals surface area contributed by atoms with Crippen LogP contribution in [0.4, 0.5) is 0 Å². The molecule has 0 saturated carbocycles. The second-order valence-corrected chi connectivity index (χ2v) is 8.63. The molecular weight excluding hydrogens is 382 g/mol. The van der Waals surface area contributed by atoms with Gasteiger partial charge in [-0.1, -0.05) is 23.7 Å². The molecule has 4 nitrogen and oxygen atoms in total. The quantitative estimate of drug-likeness (QED) is 0.734. The van der Waals surface area contributed by atoms with Gasteiger partial charge in [-0.3, -0.25) is 4.79 Å². The molecule has 1 amide bonds. The first-order valence-electron chi connectivity index (χ1n) is 8.85. The van der Waals surface area contributed by atoms with Crippen molar-refractivity contribution in [3.05, 3.63) is 58.6 Å². The number of carbonyl (C=O) groups is 1. The third-order valence-electron chi connectivity index (χ3n) is 4.40. The molecule has 0 saturated heterocycles. The van der Waals surface area contributed by atoms with Crippen LogP contribution in [0.25, 0.3) is 0 Å². The van der Waals surface area contributed by atoms with Gasteiger partial charge < -0.3 is 14.8 Å². The average Bonchev–Trinajstić information content (AvgIpc) is 2.60. The lowest BCUT2D eigenvalue weighted by atomic mass is 9.89. The minimum atomic E-state index is -0.356. The molecule has 1 aliphatic heterocycles. The lowest BCUT2D eigenvalue weighted by Crippen LogP contribution is -2.41. The summed E-state index contributed by atoms with van der Waals surface area (Å²) >= 11 is 7.58. The highest BCUT2D eigenvalue weighted by Gasteiger charge is 2.34. The molecule has 1 aliphatic rings. The fourth-order valence-electron chi connectivity index (χ4n) is 3.21. The smallest absolute Gasteiger partial charge is 0.230 e. The monoisotopic (exact) mass is 405 g/mol. The molecule has 6 heteroatoms. The average molecular weight is 406 g/mol. The number of thioether (sulfide) groups is 1. The maximum atomic E-state index is 12.5. The van der Waals surface area contributed by atoms with Crippen LogP contribution in [0.3, 0.4) is 0 Å². The molecule has 1 N–H and O–H groups in total. The van der Waals surface area contributed by atoms with Crippen molar-refractivity contribution in [3.63, 3.8) is 0 Å². The van der Waals surface area contributed by atoms with Gasteiger partial charge in [0.2, 0.25) is 5.91 Å². The van der Waals surface area contributed by atoms with E-state index in [2.05, 4.69) is 5.32 Å². The third-order valence-corrected chi connectivity index (χ3v) is 5.64. The summed E-state index contributed by atoms with van der Waals surface area (Å²) in [5.74, 6) is 2.68. The Kier molecular flexibility index (Phi) is 6.22. The van der Waals surface area contributed by atoms with Crippen LogP contribution in [0.5, 0.6) is 11.5 Å². The van der Waals surface area contributed by atoms with Gasteiger partial charge in [-0.25, -0.2) is 0 Å². The van der Waals surface area contributed by atoms with Crippen molar-refractivity contribution in [2.75, 3.05) is 12.9 Å². The Labute approximate surface area is 169 Å². The standard InChI is InChI=1S/C21H24ClNO3S/c1-21(2)11-18(17-8-7-16(25-3)10-19(17)26-21)23-20(24)13-27-12-14-5-4-6-15(22)9-14/h4-10,18H,11-13H2,1-3H3,(H,23,24)/t18-/m0/s1. The largest absolute Gasteiger partial charge is 0.497 e. The summed E-state index contributed by atoms with van der Waals surface area (Å²) in [7, 11) is 1.63. The highest BCUT2D eigenvalue weighted by molar-refractivity contribution is 7.99. The van der Waals surface area contributed by atoms with E-state index in [4.69, 9.17) is 21.1 Å². The lowest BCUT2D eigenvalue weighted by Gasteiger charge is -2.38. The summed E-state index contributed by atoms with van der Waals surface area (Å²) in [5.41, 5.74) is 1.75. The van der Waals surface area contributed by atoms with Crippen molar-refractivity contribution in [1.82, 2.24) is 5.32 Å². The SMILES string of the molecule is COc1ccc2c(c1)OC(C)(C)C[C@@H]2NC(=O)CSCc1cccc(Cl)c1. The number of rotatable bonds is 6. The van der Waals surface area contributed by atoms with Gasteiger partial charge in [0.1, 0.15) is 17.1 Å². The van der Waals surface area contributed by atoms with E-state index in [1.54, 1.807) is 18.9 Å². The Morgan fingerprint density at radius 2 is 2.15 bits per heavy atom. The predicted molar refractivity (Wildman–Crippen MR) is 111 cm³/mol. The number of fused-ring (bicyclic) bond motifs is 1. The van der Waals surface area contributed by atoms with Crippen molar-refractivity contribution in [3.8, 4) is 11.5 Å². The summed E-state index contributed by atoms with van der Waals surface area (Å²) in [6.07, 6.45) is 0.719. The summed E-state index contributed by atoms with van der Waals surface area (Å²) in [4.78, 5) is 12.5. The minimum Gasteiger partial charge on any atom is -0.497 e. The molecule has 27 heavy (non-hydrogen) atoms. The van der Waals surface area contributed by atoms with Gasteiger partial charge in [-0.05, 0) is 43.7 Å². The van der Waals surface area contributed by atoms with Crippen LogP contribution in [0, 0.1) is 0 Å². The molecule has 0 aromatic heterocycles. The third kappa shape index (κ3) is 5.33. The van der Waals surface area contributed by atoms with E-state index >= 15 is 0 Å². The van der Waals surface area contributed by atoms with E-state index in [9.17, 15) is 4.79 Å². The topological polar surface area (TPSA) is 47.6 Å². The minimum absolute atomic E-state index is 0.0199. The van der Waals surface area contributed by atoms with E-state index in [-0.39, 0.29) is 17.6 Å². The Balaban J connectivity index is 1.62. The van der Waals surface area contributed by atoms with E-state index < -0.39 is 0 Å². The Bertz CT molecular complexity index is 825. The summed E-state index contributed by atoms with van der Waals surface area (Å²) in [6, 6.07) is 13.4. The first kappa shape index (κ1) is 19.9. The second kappa shape index (κ2) is 8.44. The van der Waals surface area contributed by atoms with Crippen LogP contribution in [0.15, 0.2) is 42.5 Å². The normalized spacial score (nSPS) is 17.6. The van der Waals surface area contributed by atoms with E-state index in [1.807, 2.05) is 56.3 Å². The van der Waals surface area contributed by atoms with E-state index in [0.717, 1.165) is 34.8 Å². The molecular formula is C21H24ClNO3S. The van der Waals surface area contributed by atoms with Gasteiger partial charge in [0, 0.05) is 28.8 Å². The van der Waals surface area contributed by atoms with Gasteiger partial charge in [0.25, 0.3) is 0 Å². The molecule has 1 atom stereocenters. The number of hydrogen-bond donors (Lipinski definition) is 1. The van der Waals surface area contributed by atoms with Crippen molar-refractivity contribution in [2.24, 2.45) is 0 Å². The molecule has 0 fully saturated rings. The number of nitrogens with one attached hydrogen (secondary N) is 1. The zero-order valence-corrected chi connectivity index (χ0v) is 17.3. The molecule has 0 unspecified atom stereocenters. The molecule has 0 aliphatic carbocycles. The van der Waals surface area contributed by atoms with Gasteiger partial charge >= 0.3 is 0 Å². The Hall–Kier alpha value is -1.85. The molecule has 2 aromatic rings. The predicted octanol–water partition coefficient (Wildman–Crippen LogP) is 5.00. The van der Waals surface area contributed by atoms with Gasteiger partial charge in [0.15, 0.2) is 0 Å². The molecule has 0 spiro atoms. The van der Waals surface area contributed by atoms with Crippen molar-refractivity contribution >= 4 is 29.3 Å². The van der Waals surface area contributed by atoms with Crippen LogP contribution in [0.1, 0.15) is 37.4 Å². The number of amides is 1. The first-order valence-corrected chi connectivity index (χ1v) is 10.4. The maximum absolute atomic E-state index is 12.5. The zero-order chi connectivity index (χ0) is 19.4. The summed E-state index contributed by atoms with van der Waals surface area (Å²) in [5, 5.41) is 3.88. The molecule has 1 heterocycles. The highest BCUT2D eigenvalue weighted by atomic mass is 35.5. The molecule has 0 radical (unpaired) electrons. The number of methoxy groups -OCH3 is 1. The number of carbonyl (C=O) groups excluding carboxylic acids is 1. The van der Waals surface area contributed by atoms with Crippen molar-refractivity contribution in [2.45, 2.75) is 37.7 Å². The first-order chi connectivity index (χ1) is 12.9. The van der Waals surface area contributed by atoms with Gasteiger partial charge in [0.05, 0.1) is 18.9 Å². The van der Waals surface area contributed by atoms with Crippen LogP contribution in [-0.4, -0.2) is 24.4 Å². The number of benzene rings is 2. The maximum Gasteiger partial charge on any atom is 0.230 e. The van der Waals surface area contributed by atoms with Crippen LogP contribution >= 0.6 is 23.4 Å². The Morgan fingerprint density at radius 3 is 2.89 bits per heavy atom. The molecule has 3 rings (SSSR count). The van der Waals surface area contributed by atoms with Gasteiger partial charge in [-0.2, -0.15) is 0 Å². The lowest BCUT2D eigenvalue weighted by molar-refractivity contribution is -0.119.